The summed E-state index contributed by atoms with van der Waals surface area (Å²) in [6.07, 6.45) is 2.82. The van der Waals surface area contributed by atoms with Crippen molar-refractivity contribution in [2.75, 3.05) is 6.54 Å². The van der Waals surface area contributed by atoms with Gasteiger partial charge in [-0.2, -0.15) is 0 Å². The van der Waals surface area contributed by atoms with Gasteiger partial charge in [-0.15, -0.1) is 0 Å². The van der Waals surface area contributed by atoms with Gasteiger partial charge < -0.3 is 15.2 Å². The molecular formula is C6H10NO2-. The summed E-state index contributed by atoms with van der Waals surface area (Å²) in [5.74, 6) is -0.963. The topological polar surface area (TPSA) is 52.2 Å². The maximum absolute atomic E-state index is 10.2. The Labute approximate surface area is 54.1 Å². The molecule has 52 valence electrons. The van der Waals surface area contributed by atoms with E-state index in [1.807, 2.05) is 0 Å². The molecule has 0 amide bonds. The number of hydrogen-bond acceptors (Lipinski definition) is 3. The molecule has 1 heterocycles. The van der Waals surface area contributed by atoms with E-state index in [0.29, 0.717) is 0 Å². The van der Waals surface area contributed by atoms with E-state index < -0.39 is 12.0 Å². The molecule has 0 aromatic carbocycles. The third kappa shape index (κ3) is 1.68. The summed E-state index contributed by atoms with van der Waals surface area (Å²) in [6, 6.07) is -0.390. The van der Waals surface area contributed by atoms with Crippen LogP contribution in [0.1, 0.15) is 19.3 Å². The minimum Gasteiger partial charge on any atom is -0.548 e. The second-order valence-corrected chi connectivity index (χ2v) is 2.32. The number of nitrogens with one attached hydrogen (secondary N) is 1. The standard InChI is InChI=1S/C6H11NO2/c8-6(9)5-3-1-2-4-7-5/h5,7H,1-4H2,(H,8,9)/p-1/t5-/m1/s1. The fraction of sp³-hybridized carbons (Fsp3) is 0.833. The lowest BCUT2D eigenvalue weighted by Gasteiger charge is -2.23. The number of carboxylic acids is 1. The van der Waals surface area contributed by atoms with Crippen molar-refractivity contribution >= 4 is 5.97 Å². The second-order valence-electron chi connectivity index (χ2n) is 2.32. The molecule has 3 nitrogen and oxygen atoms in total. The Kier molecular flexibility index (Phi) is 2.05. The first-order valence-corrected chi connectivity index (χ1v) is 3.25. The van der Waals surface area contributed by atoms with Gasteiger partial charge in [0.2, 0.25) is 0 Å². The molecule has 0 spiro atoms. The van der Waals surface area contributed by atoms with Crippen molar-refractivity contribution < 1.29 is 9.90 Å². The van der Waals surface area contributed by atoms with Crippen LogP contribution in [0.5, 0.6) is 0 Å². The Balaban J connectivity index is 2.31. The maximum atomic E-state index is 10.2. The Morgan fingerprint density at radius 2 is 2.33 bits per heavy atom. The van der Waals surface area contributed by atoms with Gasteiger partial charge in [-0.25, -0.2) is 0 Å². The molecule has 1 fully saturated rings. The van der Waals surface area contributed by atoms with E-state index >= 15 is 0 Å². The lowest BCUT2D eigenvalue weighted by molar-refractivity contribution is -0.308. The van der Waals surface area contributed by atoms with E-state index in [4.69, 9.17) is 0 Å². The highest BCUT2D eigenvalue weighted by molar-refractivity contribution is 5.71. The average molecular weight is 128 g/mol. The van der Waals surface area contributed by atoms with Gasteiger partial charge >= 0.3 is 0 Å². The van der Waals surface area contributed by atoms with Crippen molar-refractivity contribution in [1.29, 1.82) is 0 Å². The van der Waals surface area contributed by atoms with Gasteiger partial charge in [0.1, 0.15) is 0 Å². The van der Waals surface area contributed by atoms with Crippen molar-refractivity contribution in [3.8, 4) is 0 Å². The summed E-state index contributed by atoms with van der Waals surface area (Å²) in [7, 11) is 0. The zero-order chi connectivity index (χ0) is 6.69. The van der Waals surface area contributed by atoms with Crippen molar-refractivity contribution in [3.63, 3.8) is 0 Å². The maximum Gasteiger partial charge on any atom is 0.0584 e. The van der Waals surface area contributed by atoms with Crippen LogP contribution in [0.3, 0.4) is 0 Å². The third-order valence-corrected chi connectivity index (χ3v) is 1.59. The second kappa shape index (κ2) is 2.82. The number of aliphatic carboxylic acids is 1. The van der Waals surface area contributed by atoms with E-state index in [2.05, 4.69) is 5.32 Å². The molecule has 0 unspecified atom stereocenters. The van der Waals surface area contributed by atoms with E-state index in [-0.39, 0.29) is 0 Å². The fourth-order valence-corrected chi connectivity index (χ4v) is 1.05. The summed E-state index contributed by atoms with van der Waals surface area (Å²) in [4.78, 5) is 10.2. The monoisotopic (exact) mass is 128 g/mol. The fourth-order valence-electron chi connectivity index (χ4n) is 1.05. The Morgan fingerprint density at radius 3 is 2.67 bits per heavy atom. The zero-order valence-corrected chi connectivity index (χ0v) is 5.22. The summed E-state index contributed by atoms with van der Waals surface area (Å²) >= 11 is 0. The SMILES string of the molecule is O=C([O-])[C@H]1CCCCN1. The van der Waals surface area contributed by atoms with Gasteiger partial charge in [0.15, 0.2) is 0 Å². The molecular weight excluding hydrogens is 118 g/mol. The quantitative estimate of drug-likeness (QED) is 0.486. The van der Waals surface area contributed by atoms with Crippen LogP contribution < -0.4 is 10.4 Å². The van der Waals surface area contributed by atoms with Crippen LogP contribution in [0, 0.1) is 0 Å². The van der Waals surface area contributed by atoms with Gasteiger partial charge in [0.25, 0.3) is 0 Å². The summed E-state index contributed by atoms with van der Waals surface area (Å²) < 4.78 is 0. The minimum absolute atomic E-state index is 0.390. The number of rotatable bonds is 1. The van der Waals surface area contributed by atoms with Crippen LogP contribution in [0.4, 0.5) is 0 Å². The smallest absolute Gasteiger partial charge is 0.0584 e. The Morgan fingerprint density at radius 1 is 1.56 bits per heavy atom. The molecule has 0 aliphatic carbocycles. The van der Waals surface area contributed by atoms with Gasteiger partial charge in [-0.1, -0.05) is 6.42 Å². The average Bonchev–Trinajstić information content (AvgIpc) is 1.90. The van der Waals surface area contributed by atoms with Crippen molar-refractivity contribution in [3.05, 3.63) is 0 Å². The lowest BCUT2D eigenvalue weighted by atomic mass is 10.1. The van der Waals surface area contributed by atoms with Gasteiger partial charge in [0, 0.05) is 6.04 Å². The number of carbonyl (C=O) groups excluding carboxylic acids is 1. The Bertz CT molecular complexity index is 108. The lowest BCUT2D eigenvalue weighted by Crippen LogP contribution is -2.47. The van der Waals surface area contributed by atoms with E-state index in [1.165, 1.54) is 0 Å². The van der Waals surface area contributed by atoms with E-state index in [1.54, 1.807) is 0 Å². The molecule has 0 bridgehead atoms. The molecule has 0 saturated carbocycles. The van der Waals surface area contributed by atoms with Crippen molar-refractivity contribution in [1.82, 2.24) is 5.32 Å². The van der Waals surface area contributed by atoms with Crippen LogP contribution >= 0.6 is 0 Å². The molecule has 1 rings (SSSR count). The van der Waals surface area contributed by atoms with Crippen LogP contribution in [0.15, 0.2) is 0 Å². The van der Waals surface area contributed by atoms with Crippen LogP contribution in [-0.2, 0) is 4.79 Å². The zero-order valence-electron chi connectivity index (χ0n) is 5.22. The van der Waals surface area contributed by atoms with Gasteiger partial charge in [-0.05, 0) is 19.4 Å². The molecule has 1 N–H and O–H groups in total. The summed E-state index contributed by atoms with van der Waals surface area (Å²) in [6.45, 7) is 0.818. The van der Waals surface area contributed by atoms with Crippen LogP contribution in [0.2, 0.25) is 0 Å². The molecule has 9 heavy (non-hydrogen) atoms. The van der Waals surface area contributed by atoms with Gasteiger partial charge in [0.05, 0.1) is 5.97 Å². The molecule has 3 heteroatoms. The Hall–Kier alpha value is -0.570. The third-order valence-electron chi connectivity index (χ3n) is 1.59. The van der Waals surface area contributed by atoms with Crippen LogP contribution in [-0.4, -0.2) is 18.6 Å². The summed E-state index contributed by atoms with van der Waals surface area (Å²) in [5.41, 5.74) is 0. The molecule has 0 aromatic heterocycles. The van der Waals surface area contributed by atoms with Crippen molar-refractivity contribution in [2.24, 2.45) is 0 Å². The molecule has 1 aliphatic rings. The summed E-state index contributed by atoms with van der Waals surface area (Å²) in [5, 5.41) is 13.0. The molecule has 1 aliphatic heterocycles. The predicted octanol–water partition coefficient (Wildman–Crippen LogP) is -1.12. The molecule has 0 aromatic rings. The number of carbonyl (C=O) groups is 1. The van der Waals surface area contributed by atoms with Crippen molar-refractivity contribution in [2.45, 2.75) is 25.3 Å². The highest BCUT2D eigenvalue weighted by atomic mass is 16.4. The number of hydrogen-bond donors (Lipinski definition) is 1. The normalized spacial score (nSPS) is 27.8. The first kappa shape index (κ1) is 6.55. The highest BCUT2D eigenvalue weighted by Crippen LogP contribution is 2.05. The molecule has 1 atom stereocenters. The minimum atomic E-state index is -0.963. The van der Waals surface area contributed by atoms with E-state index in [9.17, 15) is 9.90 Å². The molecule has 0 radical (unpaired) electrons. The molecule has 1 saturated heterocycles. The predicted molar refractivity (Wildman–Crippen MR) is 30.6 cm³/mol. The number of piperidine rings is 1. The van der Waals surface area contributed by atoms with E-state index in [0.717, 1.165) is 25.8 Å². The van der Waals surface area contributed by atoms with Gasteiger partial charge in [-0.3, -0.25) is 0 Å². The van der Waals surface area contributed by atoms with Crippen LogP contribution in [0.25, 0.3) is 0 Å². The highest BCUT2D eigenvalue weighted by Gasteiger charge is 2.11. The first-order chi connectivity index (χ1) is 4.30. The number of carboxylic acid groups (broad SMARTS) is 1. The largest absolute Gasteiger partial charge is 0.548 e. The first-order valence-electron chi connectivity index (χ1n) is 3.25.